The lowest BCUT2D eigenvalue weighted by Crippen LogP contribution is -2.25. The minimum Gasteiger partial charge on any atom is -0.350 e. The van der Waals surface area contributed by atoms with Gasteiger partial charge in [0.1, 0.15) is 0 Å². The third-order valence-electron chi connectivity index (χ3n) is 1.78. The van der Waals surface area contributed by atoms with E-state index in [-0.39, 0.29) is 5.91 Å². The first-order valence-corrected chi connectivity index (χ1v) is 4.61. The Morgan fingerprint density at radius 2 is 2.36 bits per heavy atom. The number of amides is 1. The molecule has 0 unspecified atom stereocenters. The number of nitrogens with zero attached hydrogens (tertiary/aromatic N) is 1. The second-order valence-electron chi connectivity index (χ2n) is 3.09. The van der Waals surface area contributed by atoms with E-state index in [1.54, 1.807) is 0 Å². The molecule has 0 aliphatic rings. The van der Waals surface area contributed by atoms with Crippen molar-refractivity contribution in [3.8, 4) is 0 Å². The molecular formula is C10H15N3O. The maximum Gasteiger partial charge on any atom is 0.221 e. The summed E-state index contributed by atoms with van der Waals surface area (Å²) >= 11 is 0. The predicted molar refractivity (Wildman–Crippen MR) is 54.5 cm³/mol. The number of hydrogen-bond donors (Lipinski definition) is 2. The third-order valence-corrected chi connectivity index (χ3v) is 1.78. The van der Waals surface area contributed by atoms with Crippen LogP contribution >= 0.6 is 0 Å². The molecule has 1 aromatic heterocycles. The van der Waals surface area contributed by atoms with E-state index in [1.165, 1.54) is 0 Å². The van der Waals surface area contributed by atoms with E-state index in [0.717, 1.165) is 11.4 Å². The van der Waals surface area contributed by atoms with Gasteiger partial charge in [0.2, 0.25) is 5.91 Å². The molecule has 0 saturated heterocycles. The summed E-state index contributed by atoms with van der Waals surface area (Å²) in [6.45, 7) is 2.78. The number of aromatic nitrogens is 1. The summed E-state index contributed by atoms with van der Waals surface area (Å²) in [7, 11) is 0. The second kappa shape index (κ2) is 5.34. The van der Waals surface area contributed by atoms with Crippen molar-refractivity contribution in [2.45, 2.75) is 19.9 Å². The number of carbonyl (C=O) groups is 1. The van der Waals surface area contributed by atoms with E-state index in [4.69, 9.17) is 5.73 Å². The average Bonchev–Trinajstić information content (AvgIpc) is 2.15. The van der Waals surface area contributed by atoms with Crippen molar-refractivity contribution in [2.75, 3.05) is 6.54 Å². The van der Waals surface area contributed by atoms with Crippen molar-refractivity contribution >= 4 is 5.91 Å². The van der Waals surface area contributed by atoms with Gasteiger partial charge < -0.3 is 11.1 Å². The molecule has 76 valence electrons. The number of aryl methyl sites for hydroxylation is 1. The largest absolute Gasteiger partial charge is 0.350 e. The highest BCUT2D eigenvalue weighted by Crippen LogP contribution is 1.97. The first-order valence-electron chi connectivity index (χ1n) is 4.61. The van der Waals surface area contributed by atoms with Crippen molar-refractivity contribution in [3.05, 3.63) is 29.6 Å². The fourth-order valence-electron chi connectivity index (χ4n) is 1.11. The Hall–Kier alpha value is -1.42. The Bertz CT molecular complexity index is 312. The fourth-order valence-corrected chi connectivity index (χ4v) is 1.11. The van der Waals surface area contributed by atoms with E-state index in [0.29, 0.717) is 19.5 Å². The maximum atomic E-state index is 11.1. The Balaban J connectivity index is 2.41. The van der Waals surface area contributed by atoms with E-state index >= 15 is 0 Å². The second-order valence-corrected chi connectivity index (χ2v) is 3.09. The predicted octanol–water partition coefficient (Wildman–Crippen LogP) is 0.355. The molecule has 0 aromatic carbocycles. The van der Waals surface area contributed by atoms with Gasteiger partial charge in [0.05, 0.1) is 12.2 Å². The Labute approximate surface area is 83.5 Å². The number of carbonyl (C=O) groups excluding carboxylic acids is 1. The summed E-state index contributed by atoms with van der Waals surface area (Å²) in [5.41, 5.74) is 7.07. The Morgan fingerprint density at radius 3 is 3.00 bits per heavy atom. The van der Waals surface area contributed by atoms with Crippen LogP contribution in [-0.2, 0) is 11.3 Å². The van der Waals surface area contributed by atoms with Crippen LogP contribution in [0.4, 0.5) is 0 Å². The number of hydrogen-bond acceptors (Lipinski definition) is 3. The van der Waals surface area contributed by atoms with Gasteiger partial charge in [0.25, 0.3) is 0 Å². The maximum absolute atomic E-state index is 11.1. The molecule has 0 atom stereocenters. The van der Waals surface area contributed by atoms with Crippen molar-refractivity contribution in [1.82, 2.24) is 10.3 Å². The quantitative estimate of drug-likeness (QED) is 0.725. The molecule has 0 spiro atoms. The lowest BCUT2D eigenvalue weighted by molar-refractivity contribution is -0.121. The van der Waals surface area contributed by atoms with Gasteiger partial charge in [-0.25, -0.2) is 0 Å². The van der Waals surface area contributed by atoms with E-state index in [2.05, 4.69) is 10.3 Å². The van der Waals surface area contributed by atoms with Gasteiger partial charge in [-0.05, 0) is 19.1 Å². The van der Waals surface area contributed by atoms with Gasteiger partial charge in [-0.3, -0.25) is 9.78 Å². The minimum atomic E-state index is -0.0317. The molecule has 0 aliphatic heterocycles. The van der Waals surface area contributed by atoms with Crippen LogP contribution in [0.25, 0.3) is 0 Å². The van der Waals surface area contributed by atoms with Gasteiger partial charge in [0.15, 0.2) is 0 Å². The minimum absolute atomic E-state index is 0.0317. The van der Waals surface area contributed by atoms with Crippen LogP contribution in [0.15, 0.2) is 18.2 Å². The first kappa shape index (κ1) is 10.7. The highest BCUT2D eigenvalue weighted by atomic mass is 16.1. The van der Waals surface area contributed by atoms with Crippen molar-refractivity contribution < 1.29 is 4.79 Å². The van der Waals surface area contributed by atoms with Crippen LogP contribution < -0.4 is 11.1 Å². The molecule has 0 aliphatic carbocycles. The number of nitrogens with one attached hydrogen (secondary N) is 1. The van der Waals surface area contributed by atoms with Crippen LogP contribution in [0, 0.1) is 6.92 Å². The Morgan fingerprint density at radius 1 is 1.57 bits per heavy atom. The molecule has 0 fully saturated rings. The summed E-state index contributed by atoms with van der Waals surface area (Å²) in [6.07, 6.45) is 0.367. The third kappa shape index (κ3) is 3.53. The van der Waals surface area contributed by atoms with Crippen molar-refractivity contribution in [2.24, 2.45) is 5.73 Å². The number of pyridine rings is 1. The van der Waals surface area contributed by atoms with Gasteiger partial charge in [-0.1, -0.05) is 6.07 Å². The zero-order valence-electron chi connectivity index (χ0n) is 8.29. The lowest BCUT2D eigenvalue weighted by Gasteiger charge is -2.03. The summed E-state index contributed by atoms with van der Waals surface area (Å²) in [5.74, 6) is -0.0317. The molecule has 0 bridgehead atoms. The van der Waals surface area contributed by atoms with Crippen molar-refractivity contribution in [1.29, 1.82) is 0 Å². The standard InChI is InChI=1S/C10H15N3O/c1-8-3-2-4-9(13-8)7-12-10(14)5-6-11/h2-4H,5-7,11H2,1H3,(H,12,14). The molecular weight excluding hydrogens is 178 g/mol. The van der Waals surface area contributed by atoms with Crippen LogP contribution in [0.2, 0.25) is 0 Å². The lowest BCUT2D eigenvalue weighted by atomic mass is 10.3. The summed E-state index contributed by atoms with van der Waals surface area (Å²) < 4.78 is 0. The molecule has 0 saturated carbocycles. The van der Waals surface area contributed by atoms with Crippen LogP contribution in [0.5, 0.6) is 0 Å². The number of nitrogens with two attached hydrogens (primary N) is 1. The van der Waals surface area contributed by atoms with Gasteiger partial charge in [-0.2, -0.15) is 0 Å². The van der Waals surface area contributed by atoms with E-state index in [9.17, 15) is 4.79 Å². The van der Waals surface area contributed by atoms with Crippen LogP contribution in [0.1, 0.15) is 17.8 Å². The van der Waals surface area contributed by atoms with Gasteiger partial charge in [0, 0.05) is 18.7 Å². The van der Waals surface area contributed by atoms with Crippen LogP contribution in [-0.4, -0.2) is 17.4 Å². The summed E-state index contributed by atoms with van der Waals surface area (Å²) in [5, 5.41) is 2.75. The number of rotatable bonds is 4. The normalized spacial score (nSPS) is 9.86. The van der Waals surface area contributed by atoms with Crippen LogP contribution in [0.3, 0.4) is 0 Å². The molecule has 1 aromatic rings. The monoisotopic (exact) mass is 193 g/mol. The molecule has 14 heavy (non-hydrogen) atoms. The van der Waals surface area contributed by atoms with E-state index < -0.39 is 0 Å². The molecule has 4 nitrogen and oxygen atoms in total. The zero-order chi connectivity index (χ0) is 10.4. The van der Waals surface area contributed by atoms with Gasteiger partial charge >= 0.3 is 0 Å². The summed E-state index contributed by atoms with van der Waals surface area (Å²) in [4.78, 5) is 15.3. The van der Waals surface area contributed by atoms with Gasteiger partial charge in [-0.15, -0.1) is 0 Å². The first-order chi connectivity index (χ1) is 6.72. The molecule has 1 amide bonds. The SMILES string of the molecule is Cc1cccc(CNC(=O)CCN)n1. The zero-order valence-corrected chi connectivity index (χ0v) is 8.29. The molecule has 4 heteroatoms. The smallest absolute Gasteiger partial charge is 0.221 e. The van der Waals surface area contributed by atoms with E-state index in [1.807, 2.05) is 25.1 Å². The molecule has 1 rings (SSSR count). The summed E-state index contributed by atoms with van der Waals surface area (Å²) in [6, 6.07) is 5.73. The fraction of sp³-hybridized carbons (Fsp3) is 0.400. The highest BCUT2D eigenvalue weighted by molar-refractivity contribution is 5.75. The highest BCUT2D eigenvalue weighted by Gasteiger charge is 1.99. The molecule has 1 heterocycles. The molecule has 0 radical (unpaired) electrons. The topological polar surface area (TPSA) is 68.0 Å². The average molecular weight is 193 g/mol. The Kier molecular flexibility index (Phi) is 4.07. The molecule has 3 N–H and O–H groups in total. The van der Waals surface area contributed by atoms with Crippen molar-refractivity contribution in [3.63, 3.8) is 0 Å².